The highest BCUT2D eigenvalue weighted by molar-refractivity contribution is 5.55. The molecule has 1 heterocycles. The zero-order chi connectivity index (χ0) is 21.0. The molecule has 3 rings (SSSR count). The summed E-state index contributed by atoms with van der Waals surface area (Å²) in [6.45, 7) is 11.6. The topological polar surface area (TPSA) is 86.0 Å². The van der Waals surface area contributed by atoms with Crippen LogP contribution in [-0.2, 0) is 5.41 Å². The van der Waals surface area contributed by atoms with E-state index >= 15 is 0 Å². The minimum absolute atomic E-state index is 0.108. The number of nitrogens with zero attached hydrogens (tertiary/aromatic N) is 2. The molecule has 6 heteroatoms. The summed E-state index contributed by atoms with van der Waals surface area (Å²) in [5.74, 6) is 2.63. The quantitative estimate of drug-likeness (QED) is 0.611. The third kappa shape index (κ3) is 4.77. The molecule has 3 aromatic rings. The van der Waals surface area contributed by atoms with Crippen LogP contribution in [0.4, 0.5) is 0 Å². The van der Waals surface area contributed by atoms with Crippen LogP contribution in [0.3, 0.4) is 0 Å². The fourth-order valence-electron chi connectivity index (χ4n) is 3.08. The van der Waals surface area contributed by atoms with Crippen LogP contribution in [0.5, 0.6) is 11.5 Å². The van der Waals surface area contributed by atoms with E-state index in [1.165, 1.54) is 5.56 Å². The molecule has 0 aliphatic rings. The lowest BCUT2D eigenvalue weighted by Crippen LogP contribution is -2.14. The van der Waals surface area contributed by atoms with E-state index in [0.717, 1.165) is 11.1 Å². The second kappa shape index (κ2) is 8.66. The SMILES string of the molecule is CCOc1ccc([C@@H](N)c2nc(-c3ccc(C(C)(C)C)cc3)n[nH]2)cc1OCC. The third-order valence-corrected chi connectivity index (χ3v) is 4.73. The maximum atomic E-state index is 6.45. The summed E-state index contributed by atoms with van der Waals surface area (Å²) in [5.41, 5.74) is 9.66. The van der Waals surface area contributed by atoms with E-state index in [2.05, 4.69) is 48.1 Å². The highest BCUT2D eigenvalue weighted by Crippen LogP contribution is 2.32. The monoisotopic (exact) mass is 394 g/mol. The van der Waals surface area contributed by atoms with E-state index in [9.17, 15) is 0 Å². The maximum absolute atomic E-state index is 6.45. The summed E-state index contributed by atoms with van der Waals surface area (Å²) in [7, 11) is 0. The smallest absolute Gasteiger partial charge is 0.181 e. The zero-order valence-corrected chi connectivity index (χ0v) is 17.8. The molecule has 0 aliphatic carbocycles. The van der Waals surface area contributed by atoms with Crippen LogP contribution in [0.15, 0.2) is 42.5 Å². The highest BCUT2D eigenvalue weighted by atomic mass is 16.5. The molecule has 3 N–H and O–H groups in total. The van der Waals surface area contributed by atoms with E-state index in [1.54, 1.807) is 0 Å². The van der Waals surface area contributed by atoms with E-state index < -0.39 is 6.04 Å². The van der Waals surface area contributed by atoms with Gasteiger partial charge in [-0.1, -0.05) is 51.1 Å². The van der Waals surface area contributed by atoms with Gasteiger partial charge in [0.15, 0.2) is 17.3 Å². The van der Waals surface area contributed by atoms with Crippen molar-refractivity contribution in [2.75, 3.05) is 13.2 Å². The van der Waals surface area contributed by atoms with Crippen molar-refractivity contribution in [3.63, 3.8) is 0 Å². The van der Waals surface area contributed by atoms with E-state index in [0.29, 0.717) is 36.4 Å². The Bertz CT molecular complexity index is 942. The van der Waals surface area contributed by atoms with Crippen molar-refractivity contribution in [1.82, 2.24) is 15.2 Å². The molecule has 0 saturated carbocycles. The number of aromatic nitrogens is 3. The molecule has 6 nitrogen and oxygen atoms in total. The van der Waals surface area contributed by atoms with Crippen LogP contribution in [0, 0.1) is 0 Å². The van der Waals surface area contributed by atoms with Crippen molar-refractivity contribution < 1.29 is 9.47 Å². The molecule has 0 amide bonds. The van der Waals surface area contributed by atoms with Gasteiger partial charge in [-0.3, -0.25) is 5.10 Å². The van der Waals surface area contributed by atoms with Crippen LogP contribution in [0.2, 0.25) is 0 Å². The van der Waals surface area contributed by atoms with E-state index in [4.69, 9.17) is 15.2 Å². The van der Waals surface area contributed by atoms with Gasteiger partial charge in [0.1, 0.15) is 5.82 Å². The Morgan fingerprint density at radius 2 is 1.62 bits per heavy atom. The Labute approximate surface area is 172 Å². The van der Waals surface area contributed by atoms with Crippen molar-refractivity contribution in [3.8, 4) is 22.9 Å². The molecule has 154 valence electrons. The fraction of sp³-hybridized carbons (Fsp3) is 0.391. The average Bonchev–Trinajstić information content (AvgIpc) is 3.19. The minimum atomic E-state index is -0.444. The van der Waals surface area contributed by atoms with Crippen molar-refractivity contribution >= 4 is 0 Å². The van der Waals surface area contributed by atoms with Gasteiger partial charge < -0.3 is 15.2 Å². The second-order valence-electron chi connectivity index (χ2n) is 7.92. The number of benzene rings is 2. The van der Waals surface area contributed by atoms with Gasteiger partial charge in [-0.25, -0.2) is 4.98 Å². The van der Waals surface area contributed by atoms with Gasteiger partial charge in [0, 0.05) is 5.56 Å². The Balaban J connectivity index is 1.83. The summed E-state index contributed by atoms with van der Waals surface area (Å²) in [5, 5.41) is 7.34. The van der Waals surface area contributed by atoms with Crippen molar-refractivity contribution in [3.05, 3.63) is 59.4 Å². The number of aromatic amines is 1. The largest absolute Gasteiger partial charge is 0.490 e. The number of nitrogens with two attached hydrogens (primary N) is 1. The van der Waals surface area contributed by atoms with E-state index in [-0.39, 0.29) is 5.41 Å². The van der Waals surface area contributed by atoms with Crippen molar-refractivity contribution in [1.29, 1.82) is 0 Å². The number of H-pyrrole nitrogens is 1. The summed E-state index contributed by atoms with van der Waals surface area (Å²) in [4.78, 5) is 4.62. The zero-order valence-electron chi connectivity index (χ0n) is 17.8. The molecular formula is C23H30N4O2. The summed E-state index contributed by atoms with van der Waals surface area (Å²) < 4.78 is 11.3. The van der Waals surface area contributed by atoms with Crippen LogP contribution in [0.25, 0.3) is 11.4 Å². The van der Waals surface area contributed by atoms with Crippen molar-refractivity contribution in [2.45, 2.75) is 46.1 Å². The second-order valence-corrected chi connectivity index (χ2v) is 7.92. The number of hydrogen-bond acceptors (Lipinski definition) is 5. The predicted octanol–water partition coefficient (Wildman–Crippen LogP) is 4.61. The first-order chi connectivity index (χ1) is 13.8. The highest BCUT2D eigenvalue weighted by Gasteiger charge is 2.18. The van der Waals surface area contributed by atoms with Gasteiger partial charge in [0.25, 0.3) is 0 Å². The summed E-state index contributed by atoms with van der Waals surface area (Å²) in [6.07, 6.45) is 0. The molecule has 2 aromatic carbocycles. The molecule has 0 saturated heterocycles. The molecule has 1 atom stereocenters. The molecule has 0 unspecified atom stereocenters. The predicted molar refractivity (Wildman–Crippen MR) is 115 cm³/mol. The maximum Gasteiger partial charge on any atom is 0.181 e. The van der Waals surface area contributed by atoms with Crippen LogP contribution < -0.4 is 15.2 Å². The molecule has 29 heavy (non-hydrogen) atoms. The lowest BCUT2D eigenvalue weighted by atomic mass is 9.87. The van der Waals surface area contributed by atoms with Crippen molar-refractivity contribution in [2.24, 2.45) is 5.73 Å². The Morgan fingerprint density at radius 1 is 0.966 bits per heavy atom. The van der Waals surface area contributed by atoms with Crippen LogP contribution in [-0.4, -0.2) is 28.4 Å². The van der Waals surface area contributed by atoms with Gasteiger partial charge in [0.2, 0.25) is 0 Å². The lowest BCUT2D eigenvalue weighted by molar-refractivity contribution is 0.287. The molecule has 1 aromatic heterocycles. The third-order valence-electron chi connectivity index (χ3n) is 4.73. The first kappa shape index (κ1) is 20.9. The number of rotatable bonds is 7. The molecule has 0 fully saturated rings. The Kier molecular flexibility index (Phi) is 6.23. The summed E-state index contributed by atoms with van der Waals surface area (Å²) in [6, 6.07) is 13.6. The standard InChI is InChI=1S/C23H30N4O2/c1-6-28-18-13-10-16(14-19(18)29-7-2)20(24)22-25-21(26-27-22)15-8-11-17(12-9-15)23(3,4)5/h8-14,20H,6-7,24H2,1-5H3,(H,25,26,27)/t20-/m1/s1. The average molecular weight is 395 g/mol. The van der Waals surface area contributed by atoms with Gasteiger partial charge >= 0.3 is 0 Å². The fourth-order valence-corrected chi connectivity index (χ4v) is 3.08. The van der Waals surface area contributed by atoms with Gasteiger partial charge in [-0.15, -0.1) is 0 Å². The van der Waals surface area contributed by atoms with Gasteiger partial charge in [-0.2, -0.15) is 5.10 Å². The first-order valence-electron chi connectivity index (χ1n) is 10.0. The molecule has 0 bridgehead atoms. The molecular weight excluding hydrogens is 364 g/mol. The summed E-state index contributed by atoms with van der Waals surface area (Å²) >= 11 is 0. The van der Waals surface area contributed by atoms with Gasteiger partial charge in [-0.05, 0) is 42.5 Å². The normalized spacial score (nSPS) is 12.6. The lowest BCUT2D eigenvalue weighted by Gasteiger charge is -2.18. The molecule has 0 spiro atoms. The van der Waals surface area contributed by atoms with Crippen LogP contribution >= 0.6 is 0 Å². The van der Waals surface area contributed by atoms with Crippen LogP contribution in [0.1, 0.15) is 57.6 Å². The molecule has 0 radical (unpaired) electrons. The Morgan fingerprint density at radius 3 is 2.24 bits per heavy atom. The van der Waals surface area contributed by atoms with Gasteiger partial charge in [0.05, 0.1) is 19.3 Å². The molecule has 0 aliphatic heterocycles. The number of ether oxygens (including phenoxy) is 2. The Hall–Kier alpha value is -2.86. The number of hydrogen-bond donors (Lipinski definition) is 2. The minimum Gasteiger partial charge on any atom is -0.490 e. The van der Waals surface area contributed by atoms with E-state index in [1.807, 2.05) is 44.2 Å². The number of nitrogens with one attached hydrogen (secondary N) is 1. The first-order valence-corrected chi connectivity index (χ1v) is 10.0.